The smallest absolute Gasteiger partial charge is 0.263 e. The van der Waals surface area contributed by atoms with Crippen LogP contribution in [0.2, 0.25) is 0 Å². The van der Waals surface area contributed by atoms with Crippen molar-refractivity contribution in [2.45, 2.75) is 71.8 Å². The summed E-state index contributed by atoms with van der Waals surface area (Å²) < 4.78 is 16.8. The summed E-state index contributed by atoms with van der Waals surface area (Å²) in [6, 6.07) is 83.8. The summed E-state index contributed by atoms with van der Waals surface area (Å²) in [6.45, 7) is 12.2. The third-order valence-corrected chi connectivity index (χ3v) is 28.2. The molecule has 144 heavy (non-hydrogen) atoms. The van der Waals surface area contributed by atoms with Crippen LogP contribution in [-0.2, 0) is 0 Å². The highest BCUT2D eigenvalue weighted by Gasteiger charge is 2.28. The number of nitrogens with one attached hydrogen (secondary N) is 4. The number of anilines is 5. The van der Waals surface area contributed by atoms with Crippen LogP contribution >= 0.6 is 45.3 Å². The van der Waals surface area contributed by atoms with Crippen molar-refractivity contribution in [3.05, 3.63) is 414 Å². The van der Waals surface area contributed by atoms with Gasteiger partial charge in [-0.25, -0.2) is 39.9 Å². The molecular formula is C113H90N20O7S4. The number of methoxy groups -OCH3 is 1. The molecule has 23 aromatic rings. The number of para-hydroxylation sites is 3. The molecule has 0 aliphatic heterocycles. The van der Waals surface area contributed by atoms with E-state index in [1.165, 1.54) is 7.11 Å². The van der Waals surface area contributed by atoms with E-state index in [0.29, 0.717) is 61.6 Å². The molecule has 0 radical (unpaired) electrons. The predicted octanol–water partition coefficient (Wildman–Crippen LogP) is 24.3. The van der Waals surface area contributed by atoms with E-state index >= 15 is 0 Å². The molecular weight excluding hydrogens is 1880 g/mol. The van der Waals surface area contributed by atoms with Crippen LogP contribution in [0.15, 0.2) is 358 Å². The lowest BCUT2D eigenvalue weighted by Crippen LogP contribution is -2.28. The van der Waals surface area contributed by atoms with Crippen molar-refractivity contribution in [2.24, 2.45) is 0 Å². The van der Waals surface area contributed by atoms with Crippen LogP contribution in [0.25, 0.3) is 146 Å². The average Bonchev–Trinajstić information content (AvgIpc) is 1.28. The molecule has 31 heteroatoms. The Hall–Kier alpha value is -17.7. The minimum absolute atomic E-state index is 0.0159. The molecule has 0 amide bonds. The van der Waals surface area contributed by atoms with Gasteiger partial charge in [-0.2, -0.15) is 10.2 Å². The monoisotopic (exact) mass is 1970 g/mol. The zero-order valence-corrected chi connectivity index (χ0v) is 81.9. The van der Waals surface area contributed by atoms with Gasteiger partial charge in [0.25, 0.3) is 22.2 Å². The summed E-state index contributed by atoms with van der Waals surface area (Å²) in [7, 11) is 1.53. The molecule has 0 unspecified atom stereocenters. The lowest BCUT2D eigenvalue weighted by Gasteiger charge is -2.24. The van der Waals surface area contributed by atoms with Crippen LogP contribution in [0.1, 0.15) is 115 Å². The van der Waals surface area contributed by atoms with E-state index in [0.717, 1.165) is 165 Å². The van der Waals surface area contributed by atoms with Crippen LogP contribution in [0, 0.1) is 0 Å². The second-order valence-electron chi connectivity index (χ2n) is 34.4. The van der Waals surface area contributed by atoms with Gasteiger partial charge in [-0.15, -0.1) is 45.3 Å². The first kappa shape index (κ1) is 94.0. The molecule has 0 bridgehead atoms. The Balaban J connectivity index is 0.000000117. The summed E-state index contributed by atoms with van der Waals surface area (Å²) in [5, 5.41) is 27.6. The summed E-state index contributed by atoms with van der Waals surface area (Å²) in [4.78, 5) is 120. The number of nitrogens with two attached hydrogens (primary N) is 1. The number of thiazole rings is 4. The van der Waals surface area contributed by atoms with Crippen molar-refractivity contribution in [3.63, 3.8) is 0 Å². The van der Waals surface area contributed by atoms with Crippen molar-refractivity contribution >= 4 is 171 Å². The van der Waals surface area contributed by atoms with E-state index in [2.05, 4.69) is 94.5 Å². The zero-order chi connectivity index (χ0) is 99.2. The number of hydrogen-bond acceptors (Lipinski definition) is 27. The largest absolute Gasteiger partial charge is 0.496 e. The Morgan fingerprint density at radius 1 is 0.333 bits per heavy atom. The molecule has 708 valence electrons. The Morgan fingerprint density at radius 2 is 0.708 bits per heavy atom. The Morgan fingerprint density at radius 3 is 1.08 bits per heavy atom. The second-order valence-corrected chi connectivity index (χ2v) is 38.0. The Bertz CT molecular complexity index is 9050. The molecule has 0 fully saturated rings. The Kier molecular flexibility index (Phi) is 27.0. The predicted molar refractivity (Wildman–Crippen MR) is 582 cm³/mol. The molecule has 0 saturated carbocycles. The highest BCUT2D eigenvalue weighted by Crippen LogP contribution is 2.40. The number of rotatable bonds is 23. The van der Waals surface area contributed by atoms with Crippen molar-refractivity contribution in [3.8, 4) is 67.3 Å². The molecule has 0 spiro atoms. The van der Waals surface area contributed by atoms with Gasteiger partial charge in [-0.1, -0.05) is 152 Å². The van der Waals surface area contributed by atoms with Crippen LogP contribution < -0.4 is 54.0 Å². The highest BCUT2D eigenvalue weighted by atomic mass is 32.1. The van der Waals surface area contributed by atoms with Crippen LogP contribution in [0.4, 0.5) is 29.0 Å². The highest BCUT2D eigenvalue weighted by molar-refractivity contribution is 7.17. The van der Waals surface area contributed by atoms with Crippen molar-refractivity contribution in [1.82, 2.24) is 73.3 Å². The fourth-order valence-corrected chi connectivity index (χ4v) is 21.1. The lowest BCUT2D eigenvalue weighted by molar-refractivity contribution is 0.111. The SMILES string of the molecule is CC(C)n1c([C@H](C)Nc2nccc3scnc23)cc2cccc(-c3ccnnc3)c2c1=O.COc1cc(-c2cccc3cc([C@H](C)Nc4nccc5scnc45)n(-c4ccccc4)c(=O)c23)ccc1C=O.C[C@H](Nc1nccc2scnc12)c1cc2cccc(-c3cccc(C=O)c3)c2c(=O)n1-c1ccccc1.C[C@H](Nc1nccc2scnc12)c1cc2cccc(-c3cncc(N)c3)c2c(=O)n1-c1ccccc1. The number of aromatic nitrogens is 15. The molecule has 27 nitrogen and oxygen atoms in total. The Labute approximate surface area is 839 Å². The summed E-state index contributed by atoms with van der Waals surface area (Å²) in [5.41, 5.74) is 29.8. The number of pyridine rings is 9. The molecule has 14 heterocycles. The molecule has 0 saturated heterocycles. The van der Waals surface area contributed by atoms with Gasteiger partial charge in [-0.3, -0.25) is 47.5 Å². The number of fused-ring (bicyclic) bond motifs is 8. The van der Waals surface area contributed by atoms with E-state index in [1.54, 1.807) is 138 Å². The summed E-state index contributed by atoms with van der Waals surface area (Å²) in [6.07, 6.45) is 15.3. The summed E-state index contributed by atoms with van der Waals surface area (Å²) >= 11 is 6.27. The van der Waals surface area contributed by atoms with Crippen LogP contribution in [-0.4, -0.2) is 93.0 Å². The number of ether oxygens (including phenoxy) is 1. The van der Waals surface area contributed by atoms with Crippen molar-refractivity contribution < 1.29 is 14.3 Å². The van der Waals surface area contributed by atoms with E-state index in [-0.39, 0.29) is 52.4 Å². The van der Waals surface area contributed by atoms with Gasteiger partial charge < -0.3 is 36.3 Å². The number of hydrogen-bond donors (Lipinski definition) is 5. The minimum Gasteiger partial charge on any atom is -0.496 e. The van der Waals surface area contributed by atoms with Gasteiger partial charge in [0.2, 0.25) is 0 Å². The average molecular weight is 1970 g/mol. The quantitative estimate of drug-likeness (QED) is 0.0371. The van der Waals surface area contributed by atoms with E-state index in [4.69, 9.17) is 10.5 Å². The fraction of sp³-hybridized carbons (Fsp3) is 0.106. The van der Waals surface area contributed by atoms with E-state index in [9.17, 15) is 28.8 Å². The van der Waals surface area contributed by atoms with Crippen molar-refractivity contribution in [2.75, 3.05) is 34.1 Å². The molecule has 14 aromatic heterocycles. The number of carbonyl (C=O) groups excluding carboxylic acids is 2. The zero-order valence-electron chi connectivity index (χ0n) is 78.6. The topological polar surface area (TPSA) is 347 Å². The maximum atomic E-state index is 14.4. The number of carbonyl (C=O) groups is 2. The van der Waals surface area contributed by atoms with Crippen LogP contribution in [0.5, 0.6) is 5.75 Å². The maximum absolute atomic E-state index is 14.4. The van der Waals surface area contributed by atoms with E-state index in [1.807, 2.05) is 288 Å². The standard InChI is InChI=1S/C31H24N4O3S.C30H22N4O2S.C28H22N6OS.C24H22N6OS/c1-19(34-30-29-27(13-14-32-30)39-18-33-29)25-15-21-7-6-10-24(20-11-12-22(17-36)26(16-20)38-2)28(21)31(37)35(25)23-8-4-3-5-9-23;1-19(33-29-28-26(13-14-31-29)37-18-32-28)25-16-22-9-6-12-24(21-8-5-7-20(15-21)17-35)27(22)30(36)34(25)23-10-3-2-4-11-23;1-17(33-27-26-24(10-11-31-27)36-16-32-26)23-13-18-6-5-9-22(19-12-20(29)15-30-14-19)25(18)28(35)34(23)21-7-3-2-4-8-21;1-14(2)30-19(15(3)29-23-22-20(8-9-25-23)32-13-26-22)11-16-5-4-6-18(21(16)24(30)31)17-7-10-27-28-12-17/h3-19H,1-2H3,(H,32,34);2-19H,1H3,(H,31,33);2-17H,29H2,1H3,(H,31,33);4-15H,1-3H3,(H,25,29)/t2*19-;17-;15-/m0000/s1. The van der Waals surface area contributed by atoms with Crippen molar-refractivity contribution in [1.29, 1.82) is 0 Å². The van der Waals surface area contributed by atoms with E-state index < -0.39 is 0 Å². The lowest BCUT2D eigenvalue weighted by atomic mass is 9.96. The van der Waals surface area contributed by atoms with Gasteiger partial charge in [0.15, 0.2) is 29.6 Å². The van der Waals surface area contributed by atoms with Crippen LogP contribution in [0.3, 0.4) is 0 Å². The molecule has 6 N–H and O–H groups in total. The first-order valence-electron chi connectivity index (χ1n) is 46.2. The summed E-state index contributed by atoms with van der Waals surface area (Å²) in [5.74, 6) is 3.21. The fourth-order valence-electron chi connectivity index (χ4n) is 18.4. The molecule has 9 aromatic carbocycles. The van der Waals surface area contributed by atoms with Gasteiger partial charge in [0.05, 0.1) is 117 Å². The number of nitrogens with zero attached hydrogens (tertiary/aromatic N) is 15. The van der Waals surface area contributed by atoms with Gasteiger partial charge >= 0.3 is 0 Å². The third-order valence-electron chi connectivity index (χ3n) is 25.0. The molecule has 4 atom stereocenters. The second kappa shape index (κ2) is 41.4. The third kappa shape index (κ3) is 18.8. The number of benzene rings is 9. The van der Waals surface area contributed by atoms with Gasteiger partial charge in [0.1, 0.15) is 34.1 Å². The first-order valence-corrected chi connectivity index (χ1v) is 49.8. The molecule has 0 aliphatic carbocycles. The van der Waals surface area contributed by atoms with Gasteiger partial charge in [0, 0.05) is 99.8 Å². The van der Waals surface area contributed by atoms with Gasteiger partial charge in [-0.05, 0) is 212 Å². The normalized spacial score (nSPS) is 12.1. The minimum atomic E-state index is -0.266. The molecule has 23 rings (SSSR count). The number of aldehydes is 2. The maximum Gasteiger partial charge on any atom is 0.263 e. The molecule has 0 aliphatic rings. The first-order chi connectivity index (χ1) is 70.4. The number of nitrogen functional groups attached to an aromatic ring is 1.